The highest BCUT2D eigenvalue weighted by atomic mass is 32.1. The lowest BCUT2D eigenvalue weighted by Gasteiger charge is -2.02. The number of rotatable bonds is 1. The Morgan fingerprint density at radius 1 is 1.50 bits per heavy atom. The summed E-state index contributed by atoms with van der Waals surface area (Å²) in [5.74, 6) is 1.53. The first kappa shape index (κ1) is 8.52. The van der Waals surface area contributed by atoms with Gasteiger partial charge in [-0.25, -0.2) is 5.10 Å². The van der Waals surface area contributed by atoms with Crippen molar-refractivity contribution >= 4 is 27.1 Å². The zero-order valence-electron chi connectivity index (χ0n) is 8.43. The summed E-state index contributed by atoms with van der Waals surface area (Å²) >= 11 is 1.66. The van der Waals surface area contributed by atoms with E-state index in [1.807, 2.05) is 16.5 Å². The molecule has 1 saturated carbocycles. The van der Waals surface area contributed by atoms with Crippen LogP contribution in [0.25, 0.3) is 15.7 Å². The molecule has 0 bridgehead atoms. The van der Waals surface area contributed by atoms with Crippen LogP contribution in [0.3, 0.4) is 0 Å². The van der Waals surface area contributed by atoms with Crippen LogP contribution in [0, 0.1) is 0 Å². The quantitative estimate of drug-likeness (QED) is 0.697. The minimum Gasteiger partial charge on any atom is -0.282 e. The highest BCUT2D eigenvalue weighted by molar-refractivity contribution is 7.16. The second kappa shape index (κ2) is 2.74. The summed E-state index contributed by atoms with van der Waals surface area (Å²) in [6.07, 6.45) is 2.36. The van der Waals surface area contributed by atoms with Gasteiger partial charge in [0, 0.05) is 11.3 Å². The Kier molecular flexibility index (Phi) is 1.46. The van der Waals surface area contributed by atoms with Crippen molar-refractivity contribution in [3.05, 3.63) is 33.7 Å². The van der Waals surface area contributed by atoms with Crippen LogP contribution in [-0.4, -0.2) is 14.6 Å². The molecule has 3 heterocycles. The molecule has 4 nitrogen and oxygen atoms in total. The molecule has 1 aliphatic carbocycles. The zero-order chi connectivity index (χ0) is 10.7. The maximum Gasteiger partial charge on any atom is 0.288 e. The summed E-state index contributed by atoms with van der Waals surface area (Å²) in [4.78, 5) is 12.8. The van der Waals surface area contributed by atoms with Gasteiger partial charge in [-0.05, 0) is 30.4 Å². The van der Waals surface area contributed by atoms with Gasteiger partial charge in [-0.3, -0.25) is 9.20 Å². The second-order valence-corrected chi connectivity index (χ2v) is 5.13. The van der Waals surface area contributed by atoms with E-state index < -0.39 is 0 Å². The Labute approximate surface area is 94.5 Å². The van der Waals surface area contributed by atoms with Crippen LogP contribution in [0.4, 0.5) is 0 Å². The molecule has 0 saturated heterocycles. The molecule has 3 aromatic heterocycles. The second-order valence-electron chi connectivity index (χ2n) is 4.23. The van der Waals surface area contributed by atoms with Crippen molar-refractivity contribution in [1.29, 1.82) is 0 Å². The van der Waals surface area contributed by atoms with E-state index in [4.69, 9.17) is 0 Å². The number of fused-ring (bicyclic) bond motifs is 3. The normalized spacial score (nSPS) is 16.2. The number of aromatic nitrogens is 3. The van der Waals surface area contributed by atoms with Gasteiger partial charge in [0.15, 0.2) is 0 Å². The Hall–Kier alpha value is -1.62. The maximum absolute atomic E-state index is 11.7. The van der Waals surface area contributed by atoms with E-state index in [0.717, 1.165) is 21.6 Å². The standard InChI is InChI=1S/C11H9N3OS/c15-10-8-5-7-3-4-16-11(7)14(8)9(12-13-10)6-1-2-6/h3-6H,1-2H2,(H,13,15). The fraction of sp³-hybridized carbons (Fsp3) is 0.273. The molecule has 0 aromatic carbocycles. The van der Waals surface area contributed by atoms with Crippen molar-refractivity contribution in [2.45, 2.75) is 18.8 Å². The van der Waals surface area contributed by atoms with E-state index in [0.29, 0.717) is 5.92 Å². The lowest BCUT2D eigenvalue weighted by Crippen LogP contribution is -2.14. The Morgan fingerprint density at radius 3 is 3.19 bits per heavy atom. The minimum atomic E-state index is -0.104. The van der Waals surface area contributed by atoms with Crippen molar-refractivity contribution in [3.8, 4) is 0 Å². The van der Waals surface area contributed by atoms with Crippen molar-refractivity contribution in [3.63, 3.8) is 0 Å². The predicted molar refractivity (Wildman–Crippen MR) is 63.2 cm³/mol. The van der Waals surface area contributed by atoms with Gasteiger partial charge in [-0.1, -0.05) is 0 Å². The molecule has 16 heavy (non-hydrogen) atoms. The van der Waals surface area contributed by atoms with Gasteiger partial charge < -0.3 is 0 Å². The van der Waals surface area contributed by atoms with Crippen LogP contribution in [0.2, 0.25) is 0 Å². The van der Waals surface area contributed by atoms with Crippen LogP contribution in [0.1, 0.15) is 24.6 Å². The largest absolute Gasteiger partial charge is 0.288 e. The summed E-state index contributed by atoms with van der Waals surface area (Å²) in [5, 5.41) is 9.98. The van der Waals surface area contributed by atoms with Crippen molar-refractivity contribution in [1.82, 2.24) is 14.6 Å². The smallest absolute Gasteiger partial charge is 0.282 e. The van der Waals surface area contributed by atoms with Gasteiger partial charge in [0.05, 0.1) is 0 Å². The molecule has 80 valence electrons. The predicted octanol–water partition coefficient (Wildman–Crippen LogP) is 2.11. The van der Waals surface area contributed by atoms with Gasteiger partial charge in [-0.15, -0.1) is 11.3 Å². The maximum atomic E-state index is 11.7. The highest BCUT2D eigenvalue weighted by Gasteiger charge is 2.29. The third-order valence-corrected chi connectivity index (χ3v) is 4.00. The average molecular weight is 231 g/mol. The monoisotopic (exact) mass is 231 g/mol. The minimum absolute atomic E-state index is 0.104. The molecule has 0 atom stereocenters. The lowest BCUT2D eigenvalue weighted by atomic mass is 10.4. The molecule has 1 aliphatic rings. The Bertz CT molecular complexity index is 747. The third-order valence-electron chi connectivity index (χ3n) is 3.09. The molecular weight excluding hydrogens is 222 g/mol. The van der Waals surface area contributed by atoms with E-state index in [-0.39, 0.29) is 5.56 Å². The molecule has 1 N–H and O–H groups in total. The first-order chi connectivity index (χ1) is 7.84. The number of H-pyrrole nitrogens is 1. The number of aromatic amines is 1. The van der Waals surface area contributed by atoms with E-state index in [9.17, 15) is 4.79 Å². The highest BCUT2D eigenvalue weighted by Crippen LogP contribution is 2.40. The van der Waals surface area contributed by atoms with Crippen LogP contribution in [0.15, 0.2) is 22.3 Å². The SMILES string of the molecule is O=c1[nH]nc(C2CC2)n2c1cc1ccsc12. The number of hydrogen-bond donors (Lipinski definition) is 1. The molecular formula is C11H9N3OS. The van der Waals surface area contributed by atoms with Crippen LogP contribution in [0.5, 0.6) is 0 Å². The fourth-order valence-electron chi connectivity index (χ4n) is 2.15. The Balaban J connectivity index is 2.28. The van der Waals surface area contributed by atoms with Crippen molar-refractivity contribution < 1.29 is 0 Å². The fourth-order valence-corrected chi connectivity index (χ4v) is 3.05. The lowest BCUT2D eigenvalue weighted by molar-refractivity contribution is 0.813. The molecule has 3 aromatic rings. The molecule has 5 heteroatoms. The summed E-state index contributed by atoms with van der Waals surface area (Å²) < 4.78 is 2.02. The molecule has 1 fully saturated rings. The first-order valence-electron chi connectivity index (χ1n) is 5.32. The van der Waals surface area contributed by atoms with E-state index in [1.165, 1.54) is 12.8 Å². The number of nitrogens with one attached hydrogen (secondary N) is 1. The van der Waals surface area contributed by atoms with E-state index >= 15 is 0 Å². The topological polar surface area (TPSA) is 50.2 Å². The molecule has 0 aliphatic heterocycles. The first-order valence-corrected chi connectivity index (χ1v) is 6.20. The zero-order valence-corrected chi connectivity index (χ0v) is 9.25. The molecule has 0 radical (unpaired) electrons. The summed E-state index contributed by atoms with van der Waals surface area (Å²) in [6, 6.07) is 3.99. The van der Waals surface area contributed by atoms with E-state index in [1.54, 1.807) is 11.3 Å². The number of thiophene rings is 1. The van der Waals surface area contributed by atoms with Crippen LogP contribution >= 0.6 is 11.3 Å². The average Bonchev–Trinajstić information content (AvgIpc) is 2.89. The van der Waals surface area contributed by atoms with Crippen molar-refractivity contribution in [2.75, 3.05) is 0 Å². The van der Waals surface area contributed by atoms with Gasteiger partial charge in [0.1, 0.15) is 16.2 Å². The molecule has 0 amide bonds. The van der Waals surface area contributed by atoms with Crippen molar-refractivity contribution in [2.24, 2.45) is 0 Å². The molecule has 0 spiro atoms. The van der Waals surface area contributed by atoms with Gasteiger partial charge in [0.2, 0.25) is 0 Å². The molecule has 0 unspecified atom stereocenters. The summed E-state index contributed by atoms with van der Waals surface area (Å²) in [6.45, 7) is 0. The van der Waals surface area contributed by atoms with E-state index in [2.05, 4.69) is 15.6 Å². The third kappa shape index (κ3) is 0.983. The Morgan fingerprint density at radius 2 is 2.38 bits per heavy atom. The molecule has 4 rings (SSSR count). The van der Waals surface area contributed by atoms with Crippen LogP contribution < -0.4 is 5.56 Å². The summed E-state index contributed by atoms with van der Waals surface area (Å²) in [7, 11) is 0. The summed E-state index contributed by atoms with van der Waals surface area (Å²) in [5.41, 5.74) is 0.617. The van der Waals surface area contributed by atoms with Crippen LogP contribution in [-0.2, 0) is 0 Å². The van der Waals surface area contributed by atoms with Gasteiger partial charge in [0.25, 0.3) is 5.56 Å². The van der Waals surface area contributed by atoms with Gasteiger partial charge in [-0.2, -0.15) is 5.10 Å². The number of hydrogen-bond acceptors (Lipinski definition) is 3. The van der Waals surface area contributed by atoms with Gasteiger partial charge >= 0.3 is 0 Å². The number of nitrogens with zero attached hydrogens (tertiary/aromatic N) is 2.